The van der Waals surface area contributed by atoms with Gasteiger partial charge < -0.3 is 9.30 Å². The van der Waals surface area contributed by atoms with Crippen LogP contribution in [0, 0.1) is 6.92 Å². The second kappa shape index (κ2) is 4.68. The van der Waals surface area contributed by atoms with E-state index in [1.807, 2.05) is 56.6 Å². The number of pyridine rings is 1. The average Bonchev–Trinajstić information content (AvgIpc) is 2.95. The van der Waals surface area contributed by atoms with Crippen LogP contribution in [0.15, 0.2) is 47.1 Å². The minimum absolute atomic E-state index is 0.0601. The van der Waals surface area contributed by atoms with Gasteiger partial charge in [-0.05, 0) is 46.6 Å². The Bertz CT molecular complexity index is 915. The van der Waals surface area contributed by atoms with Crippen molar-refractivity contribution in [1.82, 2.24) is 14.3 Å². The fourth-order valence-corrected chi connectivity index (χ4v) is 3.60. The van der Waals surface area contributed by atoms with Crippen molar-refractivity contribution >= 4 is 27.5 Å². The van der Waals surface area contributed by atoms with Crippen LogP contribution in [0.1, 0.15) is 33.4 Å². The summed E-state index contributed by atoms with van der Waals surface area (Å²) in [6.45, 7) is 2.00. The number of rotatable bonds is 1. The first kappa shape index (κ1) is 13.5. The predicted molar refractivity (Wildman–Crippen MR) is 88.0 cm³/mol. The van der Waals surface area contributed by atoms with E-state index in [1.165, 1.54) is 0 Å². The number of carbonyl (C=O) groups is 1. The highest BCUT2D eigenvalue weighted by atomic mass is 79.9. The summed E-state index contributed by atoms with van der Waals surface area (Å²) < 4.78 is 3.05. The molecule has 0 saturated heterocycles. The summed E-state index contributed by atoms with van der Waals surface area (Å²) in [5, 5.41) is 0. The molecule has 4 rings (SSSR count). The maximum Gasteiger partial charge on any atom is 0.254 e. The maximum absolute atomic E-state index is 12.5. The summed E-state index contributed by atoms with van der Waals surface area (Å²) in [7, 11) is 1.85. The number of imidazole rings is 1. The van der Waals surface area contributed by atoms with E-state index in [0.717, 1.165) is 32.6 Å². The van der Waals surface area contributed by atoms with Crippen molar-refractivity contribution in [3.05, 3.63) is 69.6 Å². The number of hydrogen-bond donors (Lipinski definition) is 0. The normalized spacial score (nSPS) is 17.3. The van der Waals surface area contributed by atoms with Crippen molar-refractivity contribution in [2.75, 3.05) is 7.05 Å². The summed E-state index contributed by atoms with van der Waals surface area (Å²) >= 11 is 3.51. The molecule has 1 aromatic carbocycles. The highest BCUT2D eigenvalue weighted by molar-refractivity contribution is 9.10. The first-order chi connectivity index (χ1) is 10.6. The van der Waals surface area contributed by atoms with E-state index in [9.17, 15) is 4.79 Å². The van der Waals surface area contributed by atoms with Crippen molar-refractivity contribution in [3.63, 3.8) is 0 Å². The molecule has 1 aliphatic rings. The SMILES string of the molecule is Cc1nc2ccc(Br)cn2c1C1c2ccccc2C(=O)N1C. The Labute approximate surface area is 136 Å². The highest BCUT2D eigenvalue weighted by Crippen LogP contribution is 2.38. The Balaban J connectivity index is 2.02. The number of amides is 1. The van der Waals surface area contributed by atoms with Gasteiger partial charge in [-0.1, -0.05) is 18.2 Å². The molecule has 3 heterocycles. The van der Waals surface area contributed by atoms with Crippen molar-refractivity contribution in [2.45, 2.75) is 13.0 Å². The minimum Gasteiger partial charge on any atom is -0.329 e. The van der Waals surface area contributed by atoms with Gasteiger partial charge in [-0.3, -0.25) is 4.79 Å². The van der Waals surface area contributed by atoms with E-state index < -0.39 is 0 Å². The van der Waals surface area contributed by atoms with Gasteiger partial charge in [0, 0.05) is 23.3 Å². The number of benzene rings is 1. The fourth-order valence-electron chi connectivity index (χ4n) is 3.26. The zero-order valence-corrected chi connectivity index (χ0v) is 13.8. The lowest BCUT2D eigenvalue weighted by Crippen LogP contribution is -2.25. The monoisotopic (exact) mass is 355 g/mol. The lowest BCUT2D eigenvalue weighted by atomic mass is 10.0. The van der Waals surface area contributed by atoms with Gasteiger partial charge in [0.2, 0.25) is 0 Å². The van der Waals surface area contributed by atoms with Crippen molar-refractivity contribution in [2.24, 2.45) is 0 Å². The van der Waals surface area contributed by atoms with Gasteiger partial charge >= 0.3 is 0 Å². The Kier molecular flexibility index (Phi) is 2.87. The molecule has 0 bridgehead atoms. The topological polar surface area (TPSA) is 37.6 Å². The lowest BCUT2D eigenvalue weighted by molar-refractivity contribution is 0.0791. The molecule has 1 aliphatic heterocycles. The van der Waals surface area contributed by atoms with E-state index >= 15 is 0 Å². The summed E-state index contributed by atoms with van der Waals surface area (Å²) in [5.41, 5.74) is 4.69. The Morgan fingerprint density at radius 3 is 2.77 bits per heavy atom. The zero-order chi connectivity index (χ0) is 15.4. The van der Waals surface area contributed by atoms with Crippen LogP contribution < -0.4 is 0 Å². The Morgan fingerprint density at radius 2 is 1.95 bits per heavy atom. The minimum atomic E-state index is -0.104. The maximum atomic E-state index is 12.5. The summed E-state index contributed by atoms with van der Waals surface area (Å²) in [6.07, 6.45) is 2.00. The largest absolute Gasteiger partial charge is 0.329 e. The first-order valence-corrected chi connectivity index (χ1v) is 7.87. The third kappa shape index (κ3) is 1.75. The number of aromatic nitrogens is 2. The molecule has 0 fully saturated rings. The molecule has 0 spiro atoms. The van der Waals surface area contributed by atoms with Crippen LogP contribution in [0.3, 0.4) is 0 Å². The summed E-state index contributed by atoms with van der Waals surface area (Å²) in [6, 6.07) is 11.7. The van der Waals surface area contributed by atoms with Crippen LogP contribution in [-0.2, 0) is 0 Å². The van der Waals surface area contributed by atoms with E-state index in [2.05, 4.69) is 25.3 Å². The molecule has 4 nitrogen and oxygen atoms in total. The van der Waals surface area contributed by atoms with Gasteiger partial charge in [-0.25, -0.2) is 4.98 Å². The molecule has 0 aliphatic carbocycles. The summed E-state index contributed by atoms with van der Waals surface area (Å²) in [4.78, 5) is 18.9. The molecular formula is C17H14BrN3O. The van der Waals surface area contributed by atoms with Gasteiger partial charge in [0.05, 0.1) is 11.4 Å². The van der Waals surface area contributed by atoms with Crippen LogP contribution in [0.5, 0.6) is 0 Å². The highest BCUT2D eigenvalue weighted by Gasteiger charge is 2.37. The molecule has 0 N–H and O–H groups in total. The van der Waals surface area contributed by atoms with Gasteiger partial charge in [-0.2, -0.15) is 0 Å². The lowest BCUT2D eigenvalue weighted by Gasteiger charge is -2.21. The van der Waals surface area contributed by atoms with Gasteiger partial charge in [0.25, 0.3) is 5.91 Å². The fraction of sp³-hybridized carbons (Fsp3) is 0.176. The van der Waals surface area contributed by atoms with Crippen LogP contribution in [0.25, 0.3) is 5.65 Å². The number of nitrogens with zero attached hydrogens (tertiary/aromatic N) is 3. The van der Waals surface area contributed by atoms with E-state index in [0.29, 0.717) is 0 Å². The number of fused-ring (bicyclic) bond motifs is 2. The van der Waals surface area contributed by atoms with E-state index in [1.54, 1.807) is 4.90 Å². The third-order valence-electron chi connectivity index (χ3n) is 4.26. The molecule has 5 heteroatoms. The molecule has 0 saturated carbocycles. The summed E-state index contributed by atoms with van der Waals surface area (Å²) in [5.74, 6) is 0.0601. The number of aryl methyl sites for hydroxylation is 1. The van der Waals surface area contributed by atoms with Crippen LogP contribution in [0.4, 0.5) is 0 Å². The second-order valence-electron chi connectivity index (χ2n) is 5.56. The molecule has 2 aromatic heterocycles. The molecule has 0 radical (unpaired) electrons. The molecule has 3 aromatic rings. The average molecular weight is 356 g/mol. The predicted octanol–water partition coefficient (Wildman–Crippen LogP) is 3.58. The second-order valence-corrected chi connectivity index (χ2v) is 6.48. The quantitative estimate of drug-likeness (QED) is 0.668. The van der Waals surface area contributed by atoms with E-state index in [4.69, 9.17) is 0 Å². The van der Waals surface area contributed by atoms with Gasteiger partial charge in [0.1, 0.15) is 11.7 Å². The Morgan fingerprint density at radius 1 is 1.18 bits per heavy atom. The Hall–Kier alpha value is -2.14. The van der Waals surface area contributed by atoms with Crippen molar-refractivity contribution in [3.8, 4) is 0 Å². The van der Waals surface area contributed by atoms with Crippen LogP contribution >= 0.6 is 15.9 Å². The van der Waals surface area contributed by atoms with Crippen molar-refractivity contribution < 1.29 is 4.79 Å². The standard InChI is InChI=1S/C17H14BrN3O/c1-10-15(21-9-11(18)7-8-14(21)19-10)16-12-5-3-4-6-13(12)17(22)20(16)2/h3-9,16H,1-2H3. The molecule has 1 atom stereocenters. The molecular weight excluding hydrogens is 342 g/mol. The van der Waals surface area contributed by atoms with Crippen molar-refractivity contribution in [1.29, 1.82) is 0 Å². The van der Waals surface area contributed by atoms with E-state index in [-0.39, 0.29) is 11.9 Å². The third-order valence-corrected chi connectivity index (χ3v) is 4.72. The molecule has 1 unspecified atom stereocenters. The molecule has 1 amide bonds. The molecule has 22 heavy (non-hydrogen) atoms. The number of carbonyl (C=O) groups excluding carboxylic acids is 1. The number of hydrogen-bond acceptors (Lipinski definition) is 2. The first-order valence-electron chi connectivity index (χ1n) is 7.08. The van der Waals surface area contributed by atoms with Gasteiger partial charge in [0.15, 0.2) is 0 Å². The van der Waals surface area contributed by atoms with Crippen LogP contribution in [-0.4, -0.2) is 27.2 Å². The zero-order valence-electron chi connectivity index (χ0n) is 12.2. The smallest absolute Gasteiger partial charge is 0.254 e. The number of halogens is 1. The van der Waals surface area contributed by atoms with Crippen LogP contribution in [0.2, 0.25) is 0 Å². The van der Waals surface area contributed by atoms with Gasteiger partial charge in [-0.15, -0.1) is 0 Å². The molecule has 110 valence electrons.